The third-order valence-electron chi connectivity index (χ3n) is 3.38. The Balaban J connectivity index is 2.87. The maximum atomic E-state index is 12.5. The first kappa shape index (κ1) is 14.1. The summed E-state index contributed by atoms with van der Waals surface area (Å²) in [6.07, 6.45) is 8.44. The summed E-state index contributed by atoms with van der Waals surface area (Å²) >= 11 is 0. The van der Waals surface area contributed by atoms with Crippen molar-refractivity contribution in [3.8, 4) is 0 Å². The van der Waals surface area contributed by atoms with E-state index in [1.54, 1.807) is 6.20 Å². The van der Waals surface area contributed by atoms with Gasteiger partial charge in [-0.2, -0.15) is 13.9 Å². The lowest BCUT2D eigenvalue weighted by Gasteiger charge is -2.28. The van der Waals surface area contributed by atoms with Gasteiger partial charge in [-0.05, 0) is 23.8 Å². The second kappa shape index (κ2) is 6.12. The maximum absolute atomic E-state index is 12.5. The zero-order valence-corrected chi connectivity index (χ0v) is 10.9. The lowest BCUT2D eigenvalue weighted by atomic mass is 9.76. The molecule has 2 nitrogen and oxygen atoms in total. The molecule has 1 rings (SSSR count). The minimum Gasteiger partial charge on any atom is -0.211 e. The summed E-state index contributed by atoms with van der Waals surface area (Å²) in [6.45, 7) is 3.89. The second-order valence-corrected chi connectivity index (χ2v) is 4.90. The third kappa shape index (κ3) is 3.51. The number of hydrogen-bond donors (Lipinski definition) is 0. The fourth-order valence-corrected chi connectivity index (χ4v) is 2.29. The fourth-order valence-electron chi connectivity index (χ4n) is 2.29. The average molecular weight is 244 g/mol. The second-order valence-electron chi connectivity index (χ2n) is 4.90. The summed E-state index contributed by atoms with van der Waals surface area (Å²) in [7, 11) is 0. The summed E-state index contributed by atoms with van der Waals surface area (Å²) in [5.74, 6) is 0. The topological polar surface area (TPSA) is 17.8 Å². The number of rotatable bonds is 7. The quantitative estimate of drug-likeness (QED) is 0.689. The van der Waals surface area contributed by atoms with Crippen LogP contribution in [0.25, 0.3) is 0 Å². The SMILES string of the molecule is CCCCC(C)(CCC)c1cnn(C(F)F)c1. The molecule has 17 heavy (non-hydrogen) atoms. The Kier molecular flexibility index (Phi) is 5.09. The van der Waals surface area contributed by atoms with Gasteiger partial charge in [0.2, 0.25) is 0 Å². The van der Waals surface area contributed by atoms with Gasteiger partial charge in [0.05, 0.1) is 6.20 Å². The van der Waals surface area contributed by atoms with Crippen molar-refractivity contribution in [2.75, 3.05) is 0 Å². The number of alkyl halides is 2. The van der Waals surface area contributed by atoms with E-state index in [-0.39, 0.29) is 5.41 Å². The molecule has 0 saturated heterocycles. The van der Waals surface area contributed by atoms with Gasteiger partial charge in [0.1, 0.15) is 0 Å². The molecular formula is C13H22F2N2. The van der Waals surface area contributed by atoms with Crippen LogP contribution in [-0.2, 0) is 5.41 Å². The van der Waals surface area contributed by atoms with Crippen LogP contribution in [0, 0.1) is 0 Å². The van der Waals surface area contributed by atoms with E-state index in [1.165, 1.54) is 6.20 Å². The zero-order valence-electron chi connectivity index (χ0n) is 10.9. The molecule has 4 heteroatoms. The molecule has 0 aliphatic rings. The highest BCUT2D eigenvalue weighted by molar-refractivity contribution is 5.18. The molecular weight excluding hydrogens is 222 g/mol. The maximum Gasteiger partial charge on any atom is 0.333 e. The molecule has 1 aromatic rings. The fraction of sp³-hybridized carbons (Fsp3) is 0.769. The Morgan fingerprint density at radius 3 is 2.47 bits per heavy atom. The Hall–Kier alpha value is -0.930. The van der Waals surface area contributed by atoms with Gasteiger partial charge in [-0.3, -0.25) is 0 Å². The van der Waals surface area contributed by atoms with Gasteiger partial charge in [0.15, 0.2) is 0 Å². The number of nitrogens with zero attached hydrogens (tertiary/aromatic N) is 2. The monoisotopic (exact) mass is 244 g/mol. The van der Waals surface area contributed by atoms with Gasteiger partial charge in [-0.25, -0.2) is 4.68 Å². The lowest BCUT2D eigenvalue weighted by Crippen LogP contribution is -2.21. The van der Waals surface area contributed by atoms with Crippen LogP contribution in [0.4, 0.5) is 8.78 Å². The predicted octanol–water partition coefficient (Wildman–Crippen LogP) is 4.53. The summed E-state index contributed by atoms with van der Waals surface area (Å²) in [6, 6.07) is 0. The van der Waals surface area contributed by atoms with Crippen LogP contribution in [-0.4, -0.2) is 9.78 Å². The van der Waals surface area contributed by atoms with Crippen LogP contribution >= 0.6 is 0 Å². The molecule has 98 valence electrons. The predicted molar refractivity (Wildman–Crippen MR) is 65.3 cm³/mol. The normalized spacial score (nSPS) is 15.2. The van der Waals surface area contributed by atoms with Crippen LogP contribution in [0.15, 0.2) is 12.4 Å². The summed E-state index contributed by atoms with van der Waals surface area (Å²) < 4.78 is 25.8. The van der Waals surface area contributed by atoms with Crippen molar-refractivity contribution in [3.63, 3.8) is 0 Å². The van der Waals surface area contributed by atoms with Crippen LogP contribution < -0.4 is 0 Å². The summed E-state index contributed by atoms with van der Waals surface area (Å²) in [5, 5.41) is 3.74. The van der Waals surface area contributed by atoms with Crippen molar-refractivity contribution >= 4 is 0 Å². The molecule has 0 bridgehead atoms. The number of halogens is 2. The molecule has 1 unspecified atom stereocenters. The first-order valence-electron chi connectivity index (χ1n) is 6.36. The largest absolute Gasteiger partial charge is 0.333 e. The van der Waals surface area contributed by atoms with E-state index in [1.807, 2.05) is 0 Å². The van der Waals surface area contributed by atoms with E-state index in [0.29, 0.717) is 0 Å². The average Bonchev–Trinajstić information content (AvgIpc) is 2.76. The number of unbranched alkanes of at least 4 members (excludes halogenated alkanes) is 1. The minimum atomic E-state index is -2.54. The van der Waals surface area contributed by atoms with E-state index in [9.17, 15) is 8.78 Å². The molecule has 1 aromatic heterocycles. The van der Waals surface area contributed by atoms with Crippen LogP contribution in [0.5, 0.6) is 0 Å². The van der Waals surface area contributed by atoms with Crippen molar-refractivity contribution in [2.45, 2.75) is 64.8 Å². The van der Waals surface area contributed by atoms with Gasteiger partial charge in [0.25, 0.3) is 0 Å². The highest BCUT2D eigenvalue weighted by Gasteiger charge is 2.27. The van der Waals surface area contributed by atoms with Gasteiger partial charge >= 0.3 is 6.55 Å². The molecule has 0 radical (unpaired) electrons. The van der Waals surface area contributed by atoms with Gasteiger partial charge in [-0.1, -0.05) is 40.0 Å². The van der Waals surface area contributed by atoms with E-state index in [4.69, 9.17) is 0 Å². The Labute approximate surface area is 102 Å². The van der Waals surface area contributed by atoms with Crippen LogP contribution in [0.1, 0.15) is 65.0 Å². The Morgan fingerprint density at radius 1 is 1.29 bits per heavy atom. The molecule has 0 aromatic carbocycles. The standard InChI is InChI=1S/C13H22F2N2/c1-4-6-8-13(3,7-5-2)11-9-16-17(10-11)12(14)15/h9-10,12H,4-8H2,1-3H3. The zero-order chi connectivity index (χ0) is 12.9. The molecule has 0 N–H and O–H groups in total. The summed E-state index contributed by atoms with van der Waals surface area (Å²) in [5.41, 5.74) is 0.922. The number of hydrogen-bond acceptors (Lipinski definition) is 1. The van der Waals surface area contributed by atoms with Crippen molar-refractivity contribution < 1.29 is 8.78 Å². The van der Waals surface area contributed by atoms with E-state index < -0.39 is 6.55 Å². The van der Waals surface area contributed by atoms with E-state index in [0.717, 1.165) is 42.3 Å². The molecule has 1 atom stereocenters. The summed E-state index contributed by atoms with van der Waals surface area (Å²) in [4.78, 5) is 0. The highest BCUT2D eigenvalue weighted by atomic mass is 19.3. The minimum absolute atomic E-state index is 0.0160. The van der Waals surface area contributed by atoms with Crippen molar-refractivity contribution in [1.29, 1.82) is 0 Å². The molecule has 0 fully saturated rings. The van der Waals surface area contributed by atoms with Crippen molar-refractivity contribution in [2.24, 2.45) is 0 Å². The first-order chi connectivity index (χ1) is 8.03. The number of aromatic nitrogens is 2. The molecule has 1 heterocycles. The van der Waals surface area contributed by atoms with Gasteiger partial charge in [-0.15, -0.1) is 0 Å². The van der Waals surface area contributed by atoms with Crippen LogP contribution in [0.2, 0.25) is 0 Å². The molecule has 0 spiro atoms. The molecule has 0 saturated carbocycles. The van der Waals surface area contributed by atoms with Gasteiger partial charge < -0.3 is 0 Å². The highest BCUT2D eigenvalue weighted by Crippen LogP contribution is 2.34. The molecule has 0 aliphatic carbocycles. The lowest BCUT2D eigenvalue weighted by molar-refractivity contribution is 0.0564. The van der Waals surface area contributed by atoms with Crippen LogP contribution in [0.3, 0.4) is 0 Å². The van der Waals surface area contributed by atoms with Crippen molar-refractivity contribution in [1.82, 2.24) is 9.78 Å². The Morgan fingerprint density at radius 2 is 2.00 bits per heavy atom. The van der Waals surface area contributed by atoms with Gasteiger partial charge in [0, 0.05) is 6.20 Å². The third-order valence-corrected chi connectivity index (χ3v) is 3.38. The molecule has 0 aliphatic heterocycles. The first-order valence-corrected chi connectivity index (χ1v) is 6.36. The van der Waals surface area contributed by atoms with E-state index >= 15 is 0 Å². The smallest absolute Gasteiger partial charge is 0.211 e. The Bertz CT molecular complexity index is 336. The van der Waals surface area contributed by atoms with E-state index in [2.05, 4.69) is 25.9 Å². The molecule has 0 amide bonds. The van der Waals surface area contributed by atoms with Crippen molar-refractivity contribution in [3.05, 3.63) is 18.0 Å².